The van der Waals surface area contributed by atoms with Gasteiger partial charge in [0.05, 0.1) is 0 Å². The molecule has 0 unspecified atom stereocenters. The zero-order chi connectivity index (χ0) is 13.1. The molecule has 0 amide bonds. The van der Waals surface area contributed by atoms with Gasteiger partial charge in [-0.3, -0.25) is 0 Å². The van der Waals surface area contributed by atoms with Gasteiger partial charge in [-0.05, 0) is 35.7 Å². The van der Waals surface area contributed by atoms with Crippen LogP contribution in [0, 0.1) is 17.5 Å². The summed E-state index contributed by atoms with van der Waals surface area (Å²) in [6.07, 6.45) is 1.31. The fraction of sp³-hybridized carbons (Fsp3) is 0.200. The number of aryl methyl sites for hydroxylation is 1. The van der Waals surface area contributed by atoms with Crippen LogP contribution in [0.15, 0.2) is 36.4 Å². The van der Waals surface area contributed by atoms with Crippen molar-refractivity contribution in [1.82, 2.24) is 0 Å². The molecule has 3 heteroatoms. The summed E-state index contributed by atoms with van der Waals surface area (Å²) in [6, 6.07) is 7.97. The van der Waals surface area contributed by atoms with Crippen molar-refractivity contribution in [1.29, 1.82) is 0 Å². The normalized spacial score (nSPS) is 10.7. The molecule has 0 radical (unpaired) electrons. The first-order chi connectivity index (χ1) is 8.61. The first kappa shape index (κ1) is 12.7. The van der Waals surface area contributed by atoms with E-state index in [9.17, 15) is 13.2 Å². The first-order valence-corrected chi connectivity index (χ1v) is 5.85. The third-order valence-electron chi connectivity index (χ3n) is 2.79. The van der Waals surface area contributed by atoms with Crippen molar-refractivity contribution in [2.24, 2.45) is 0 Å². The van der Waals surface area contributed by atoms with Crippen molar-refractivity contribution in [3.8, 4) is 11.1 Å². The highest BCUT2D eigenvalue weighted by atomic mass is 19.1. The molecular weight excluding hydrogens is 237 g/mol. The Morgan fingerprint density at radius 2 is 1.72 bits per heavy atom. The molecule has 0 heterocycles. The van der Waals surface area contributed by atoms with Crippen molar-refractivity contribution in [2.45, 2.75) is 19.8 Å². The summed E-state index contributed by atoms with van der Waals surface area (Å²) in [6.45, 7) is 1.92. The second-order valence-electron chi connectivity index (χ2n) is 4.18. The van der Waals surface area contributed by atoms with E-state index in [1.165, 1.54) is 24.3 Å². The third-order valence-corrected chi connectivity index (χ3v) is 2.79. The Balaban J connectivity index is 2.53. The second kappa shape index (κ2) is 5.25. The monoisotopic (exact) mass is 250 g/mol. The molecule has 0 aliphatic rings. The minimum absolute atomic E-state index is 0.236. The van der Waals surface area contributed by atoms with E-state index in [0.29, 0.717) is 17.5 Å². The van der Waals surface area contributed by atoms with Crippen LogP contribution in [0.3, 0.4) is 0 Å². The van der Waals surface area contributed by atoms with Crippen molar-refractivity contribution in [3.63, 3.8) is 0 Å². The molecular formula is C15H13F3. The molecule has 0 N–H and O–H groups in total. The van der Waals surface area contributed by atoms with E-state index in [-0.39, 0.29) is 5.56 Å². The lowest BCUT2D eigenvalue weighted by Gasteiger charge is -2.08. The number of benzene rings is 2. The predicted octanol–water partition coefficient (Wildman–Crippen LogP) is 4.72. The molecule has 0 saturated heterocycles. The zero-order valence-corrected chi connectivity index (χ0v) is 10.0. The van der Waals surface area contributed by atoms with Crippen LogP contribution in [-0.2, 0) is 6.42 Å². The average Bonchev–Trinajstić information content (AvgIpc) is 2.33. The van der Waals surface area contributed by atoms with E-state index >= 15 is 0 Å². The molecule has 2 aromatic carbocycles. The predicted molar refractivity (Wildman–Crippen MR) is 65.7 cm³/mol. The Morgan fingerprint density at radius 3 is 2.39 bits per heavy atom. The lowest BCUT2D eigenvalue weighted by molar-refractivity contribution is 0.572. The molecule has 0 nitrogen and oxygen atoms in total. The van der Waals surface area contributed by atoms with Gasteiger partial charge in [0.25, 0.3) is 0 Å². The molecule has 0 atom stereocenters. The molecule has 0 aromatic heterocycles. The van der Waals surface area contributed by atoms with Crippen LogP contribution < -0.4 is 0 Å². The van der Waals surface area contributed by atoms with Crippen molar-refractivity contribution < 1.29 is 13.2 Å². The van der Waals surface area contributed by atoms with Gasteiger partial charge in [-0.15, -0.1) is 0 Å². The van der Waals surface area contributed by atoms with Crippen LogP contribution in [0.25, 0.3) is 11.1 Å². The number of halogens is 3. The maximum Gasteiger partial charge on any atom is 0.133 e. The van der Waals surface area contributed by atoms with Crippen molar-refractivity contribution in [3.05, 3.63) is 59.4 Å². The number of hydrogen-bond donors (Lipinski definition) is 0. The second-order valence-corrected chi connectivity index (χ2v) is 4.18. The summed E-state index contributed by atoms with van der Waals surface area (Å²) in [5, 5.41) is 0. The van der Waals surface area contributed by atoms with Gasteiger partial charge in [0.15, 0.2) is 0 Å². The molecule has 0 saturated carbocycles. The summed E-state index contributed by atoms with van der Waals surface area (Å²) < 4.78 is 40.3. The van der Waals surface area contributed by atoms with Gasteiger partial charge >= 0.3 is 0 Å². The summed E-state index contributed by atoms with van der Waals surface area (Å²) in [5.41, 5.74) is 1.11. The first-order valence-electron chi connectivity index (χ1n) is 5.85. The topological polar surface area (TPSA) is 0 Å². The Labute approximate surface area is 104 Å². The fourth-order valence-corrected chi connectivity index (χ4v) is 1.93. The van der Waals surface area contributed by atoms with Gasteiger partial charge < -0.3 is 0 Å². The molecule has 0 fully saturated rings. The minimum Gasteiger partial charge on any atom is -0.207 e. The van der Waals surface area contributed by atoms with Crippen LogP contribution in [0.1, 0.15) is 18.9 Å². The SMILES string of the molecule is CCCc1cc(-c2cccc(F)c2)c(F)cc1F. The maximum absolute atomic E-state index is 13.7. The standard InChI is InChI=1S/C15H13F3/c1-2-4-11-8-13(15(18)9-14(11)17)10-5-3-6-12(16)7-10/h3,5-9H,2,4H2,1H3. The van der Waals surface area contributed by atoms with E-state index in [2.05, 4.69) is 0 Å². The van der Waals surface area contributed by atoms with E-state index in [0.717, 1.165) is 12.5 Å². The molecule has 94 valence electrons. The van der Waals surface area contributed by atoms with E-state index < -0.39 is 17.5 Å². The van der Waals surface area contributed by atoms with E-state index in [1.807, 2.05) is 6.92 Å². The van der Waals surface area contributed by atoms with E-state index in [4.69, 9.17) is 0 Å². The Morgan fingerprint density at radius 1 is 0.944 bits per heavy atom. The number of hydrogen-bond acceptors (Lipinski definition) is 0. The van der Waals surface area contributed by atoms with Gasteiger partial charge in [-0.25, -0.2) is 13.2 Å². The molecule has 18 heavy (non-hydrogen) atoms. The highest BCUT2D eigenvalue weighted by Gasteiger charge is 2.11. The largest absolute Gasteiger partial charge is 0.207 e. The molecule has 2 aromatic rings. The van der Waals surface area contributed by atoms with Gasteiger partial charge in [0.1, 0.15) is 17.5 Å². The van der Waals surface area contributed by atoms with Crippen molar-refractivity contribution in [2.75, 3.05) is 0 Å². The van der Waals surface area contributed by atoms with Gasteiger partial charge in [-0.1, -0.05) is 25.5 Å². The lowest BCUT2D eigenvalue weighted by Crippen LogP contribution is -1.95. The highest BCUT2D eigenvalue weighted by molar-refractivity contribution is 5.65. The third kappa shape index (κ3) is 2.55. The summed E-state index contributed by atoms with van der Waals surface area (Å²) >= 11 is 0. The highest BCUT2D eigenvalue weighted by Crippen LogP contribution is 2.26. The van der Waals surface area contributed by atoms with Crippen LogP contribution in [0.5, 0.6) is 0 Å². The summed E-state index contributed by atoms with van der Waals surface area (Å²) in [4.78, 5) is 0. The molecule has 0 spiro atoms. The minimum atomic E-state index is -0.669. The average molecular weight is 250 g/mol. The molecule has 0 bridgehead atoms. The van der Waals surface area contributed by atoms with Crippen LogP contribution in [0.2, 0.25) is 0 Å². The lowest BCUT2D eigenvalue weighted by atomic mass is 10.00. The summed E-state index contributed by atoms with van der Waals surface area (Å²) in [7, 11) is 0. The smallest absolute Gasteiger partial charge is 0.133 e. The molecule has 2 rings (SSSR count). The van der Waals surface area contributed by atoms with Gasteiger partial charge in [-0.2, -0.15) is 0 Å². The Bertz CT molecular complexity index is 562. The number of rotatable bonds is 3. The van der Waals surface area contributed by atoms with Gasteiger partial charge in [0, 0.05) is 11.6 Å². The molecule has 0 aliphatic heterocycles. The van der Waals surface area contributed by atoms with Crippen LogP contribution >= 0.6 is 0 Å². The quantitative estimate of drug-likeness (QED) is 0.739. The maximum atomic E-state index is 13.7. The van der Waals surface area contributed by atoms with Crippen molar-refractivity contribution >= 4 is 0 Å². The van der Waals surface area contributed by atoms with E-state index in [1.54, 1.807) is 6.07 Å². The fourth-order valence-electron chi connectivity index (χ4n) is 1.93. The zero-order valence-electron chi connectivity index (χ0n) is 10.0. The van der Waals surface area contributed by atoms with Gasteiger partial charge in [0.2, 0.25) is 0 Å². The molecule has 0 aliphatic carbocycles. The summed E-state index contributed by atoms with van der Waals surface area (Å²) in [5.74, 6) is -1.65. The Hall–Kier alpha value is -1.77. The Kier molecular flexibility index (Phi) is 3.70. The van der Waals surface area contributed by atoms with Crippen LogP contribution in [0.4, 0.5) is 13.2 Å². The van der Waals surface area contributed by atoms with Crippen LogP contribution in [-0.4, -0.2) is 0 Å².